The minimum absolute atomic E-state index is 0.0961. The van der Waals surface area contributed by atoms with E-state index in [1.807, 2.05) is 0 Å². The van der Waals surface area contributed by atoms with Gasteiger partial charge in [-0.3, -0.25) is 19.6 Å². The van der Waals surface area contributed by atoms with Gasteiger partial charge in [0.25, 0.3) is 11.6 Å². The minimum Gasteiger partial charge on any atom is -0.342 e. The molecule has 1 fully saturated rings. The smallest absolute Gasteiger partial charge is 0.342 e. The Morgan fingerprint density at radius 2 is 1.92 bits per heavy atom. The molecule has 1 aliphatic rings. The Bertz CT molecular complexity index is 855. The number of nitro groups is 1. The highest BCUT2D eigenvalue weighted by Crippen LogP contribution is 2.42. The second-order valence-electron chi connectivity index (χ2n) is 6.22. The number of hydrogen-bond acceptors (Lipinski definition) is 4. The van der Waals surface area contributed by atoms with Crippen molar-refractivity contribution >= 4 is 11.6 Å². The summed E-state index contributed by atoms with van der Waals surface area (Å²) in [6, 6.07) is 5.66. The number of aryl methyl sites for hydroxylation is 1. The average molecular weight is 368 g/mol. The Balaban J connectivity index is 1.89. The van der Waals surface area contributed by atoms with Crippen molar-refractivity contribution in [3.05, 3.63) is 57.4 Å². The van der Waals surface area contributed by atoms with Crippen LogP contribution in [0.15, 0.2) is 30.5 Å². The van der Waals surface area contributed by atoms with Crippen molar-refractivity contribution in [3.63, 3.8) is 0 Å². The monoisotopic (exact) mass is 368 g/mol. The number of halogens is 3. The lowest BCUT2D eigenvalue weighted by molar-refractivity contribution is -0.384. The maximum Gasteiger partial charge on any atom is 0.433 e. The Kier molecular flexibility index (Phi) is 4.21. The molecule has 0 atom stereocenters. The number of benzene rings is 1. The van der Waals surface area contributed by atoms with Gasteiger partial charge in [0.05, 0.1) is 22.2 Å². The summed E-state index contributed by atoms with van der Waals surface area (Å²) in [6.45, 7) is 0. The molecule has 1 heterocycles. The van der Waals surface area contributed by atoms with E-state index < -0.39 is 33.8 Å². The molecule has 138 valence electrons. The van der Waals surface area contributed by atoms with Gasteiger partial charge in [0.15, 0.2) is 5.69 Å². The molecule has 0 saturated heterocycles. The van der Waals surface area contributed by atoms with Gasteiger partial charge in [-0.15, -0.1) is 0 Å². The standard InChI is InChI=1S/C16H15F3N4O3/c1-22-13(16(17,18)19)12(9-20-22)14(24)21-15(7-2-8-15)10-3-5-11(6-4-10)23(25)26/h3-6,9H,2,7-8H2,1H3,(H,21,24). The van der Waals surface area contributed by atoms with Crippen LogP contribution in [0.1, 0.15) is 40.9 Å². The second kappa shape index (κ2) is 6.11. The highest BCUT2D eigenvalue weighted by Gasteiger charge is 2.44. The van der Waals surface area contributed by atoms with Crippen LogP contribution in [0, 0.1) is 10.1 Å². The molecule has 1 aromatic heterocycles. The first-order chi connectivity index (χ1) is 12.1. The molecular weight excluding hydrogens is 353 g/mol. The van der Waals surface area contributed by atoms with Crippen LogP contribution in [0.2, 0.25) is 0 Å². The third kappa shape index (κ3) is 3.02. The normalized spacial score (nSPS) is 16.0. The maximum atomic E-state index is 13.2. The van der Waals surface area contributed by atoms with Crippen molar-refractivity contribution in [3.8, 4) is 0 Å². The molecule has 1 saturated carbocycles. The first-order valence-corrected chi connectivity index (χ1v) is 7.81. The summed E-state index contributed by atoms with van der Waals surface area (Å²) in [5.41, 5.74) is -1.96. The van der Waals surface area contributed by atoms with E-state index in [1.165, 1.54) is 24.3 Å². The van der Waals surface area contributed by atoms with Crippen molar-refractivity contribution in [1.29, 1.82) is 0 Å². The molecule has 3 rings (SSSR count). The molecule has 10 heteroatoms. The SMILES string of the molecule is Cn1ncc(C(=O)NC2(c3ccc([N+](=O)[O-])cc3)CCC2)c1C(F)(F)F. The summed E-state index contributed by atoms with van der Waals surface area (Å²) in [6.07, 6.45) is -1.95. The summed E-state index contributed by atoms with van der Waals surface area (Å²) >= 11 is 0. The van der Waals surface area contributed by atoms with Crippen LogP contribution in [0.5, 0.6) is 0 Å². The summed E-state index contributed by atoms with van der Waals surface area (Å²) < 4.78 is 40.1. The molecule has 1 amide bonds. The quantitative estimate of drug-likeness (QED) is 0.663. The lowest BCUT2D eigenvalue weighted by Gasteiger charge is -2.43. The van der Waals surface area contributed by atoms with Gasteiger partial charge in [0.2, 0.25) is 0 Å². The number of carbonyl (C=O) groups excluding carboxylic acids is 1. The first kappa shape index (κ1) is 17.9. The van der Waals surface area contributed by atoms with Crippen molar-refractivity contribution in [2.24, 2.45) is 7.05 Å². The number of nitrogens with one attached hydrogen (secondary N) is 1. The lowest BCUT2D eigenvalue weighted by Crippen LogP contribution is -2.51. The molecule has 1 aromatic carbocycles. The van der Waals surface area contributed by atoms with Crippen LogP contribution in [0.25, 0.3) is 0 Å². The summed E-state index contributed by atoms with van der Waals surface area (Å²) in [7, 11) is 1.12. The van der Waals surface area contributed by atoms with Crippen LogP contribution in [-0.2, 0) is 18.8 Å². The van der Waals surface area contributed by atoms with Gasteiger partial charge in [0, 0.05) is 19.2 Å². The summed E-state index contributed by atoms with van der Waals surface area (Å²) in [4.78, 5) is 22.7. The van der Waals surface area contributed by atoms with Crippen molar-refractivity contribution in [2.45, 2.75) is 31.0 Å². The fourth-order valence-corrected chi connectivity index (χ4v) is 3.14. The third-order valence-corrected chi connectivity index (χ3v) is 4.64. The topological polar surface area (TPSA) is 90.1 Å². The van der Waals surface area contributed by atoms with Gasteiger partial charge >= 0.3 is 6.18 Å². The van der Waals surface area contributed by atoms with E-state index in [0.717, 1.165) is 19.7 Å². The maximum absolute atomic E-state index is 13.2. The fraction of sp³-hybridized carbons (Fsp3) is 0.375. The van der Waals surface area contributed by atoms with Gasteiger partial charge in [-0.1, -0.05) is 0 Å². The number of carbonyl (C=O) groups is 1. The number of rotatable bonds is 4. The second-order valence-corrected chi connectivity index (χ2v) is 6.22. The van der Waals surface area contributed by atoms with Gasteiger partial charge in [-0.25, -0.2) is 0 Å². The van der Waals surface area contributed by atoms with Crippen LogP contribution in [-0.4, -0.2) is 20.6 Å². The van der Waals surface area contributed by atoms with Gasteiger partial charge in [0.1, 0.15) is 0 Å². The molecule has 1 N–H and O–H groups in total. The molecule has 0 radical (unpaired) electrons. The number of amides is 1. The molecule has 0 spiro atoms. The Morgan fingerprint density at radius 3 is 2.38 bits per heavy atom. The van der Waals surface area contributed by atoms with Crippen LogP contribution >= 0.6 is 0 Å². The Morgan fingerprint density at radius 1 is 1.31 bits per heavy atom. The summed E-state index contributed by atoms with van der Waals surface area (Å²) in [5.74, 6) is -0.872. The van der Waals surface area contributed by atoms with E-state index in [-0.39, 0.29) is 5.69 Å². The molecule has 0 aliphatic heterocycles. The zero-order valence-corrected chi connectivity index (χ0v) is 13.7. The van der Waals surface area contributed by atoms with E-state index in [4.69, 9.17) is 0 Å². The van der Waals surface area contributed by atoms with Crippen LogP contribution in [0.4, 0.5) is 18.9 Å². The van der Waals surface area contributed by atoms with E-state index in [9.17, 15) is 28.1 Å². The predicted octanol–water partition coefficient (Wildman–Crippen LogP) is 3.16. The molecule has 1 aliphatic carbocycles. The zero-order chi connectivity index (χ0) is 19.1. The van der Waals surface area contributed by atoms with Crippen molar-refractivity contribution < 1.29 is 22.9 Å². The zero-order valence-electron chi connectivity index (χ0n) is 13.7. The Hall–Kier alpha value is -2.91. The fourth-order valence-electron chi connectivity index (χ4n) is 3.14. The van der Waals surface area contributed by atoms with Crippen molar-refractivity contribution in [2.75, 3.05) is 0 Å². The van der Waals surface area contributed by atoms with Crippen LogP contribution in [0.3, 0.4) is 0 Å². The van der Waals surface area contributed by atoms with E-state index in [1.54, 1.807) is 0 Å². The number of nitro benzene ring substituents is 1. The highest BCUT2D eigenvalue weighted by atomic mass is 19.4. The van der Waals surface area contributed by atoms with Gasteiger partial charge < -0.3 is 5.32 Å². The average Bonchev–Trinajstić information content (AvgIpc) is 2.93. The Labute approximate surface area is 146 Å². The minimum atomic E-state index is -4.71. The number of non-ortho nitro benzene ring substituents is 1. The highest BCUT2D eigenvalue weighted by molar-refractivity contribution is 5.96. The van der Waals surface area contributed by atoms with E-state index >= 15 is 0 Å². The largest absolute Gasteiger partial charge is 0.433 e. The van der Waals surface area contributed by atoms with Gasteiger partial charge in [-0.2, -0.15) is 18.3 Å². The summed E-state index contributed by atoms with van der Waals surface area (Å²) in [5, 5.41) is 17.0. The number of alkyl halides is 3. The predicted molar refractivity (Wildman–Crippen MR) is 84.3 cm³/mol. The van der Waals surface area contributed by atoms with E-state index in [0.29, 0.717) is 23.1 Å². The molecule has 7 nitrogen and oxygen atoms in total. The lowest BCUT2D eigenvalue weighted by atomic mass is 9.71. The van der Waals surface area contributed by atoms with Crippen molar-refractivity contribution in [1.82, 2.24) is 15.1 Å². The molecule has 26 heavy (non-hydrogen) atoms. The number of hydrogen-bond donors (Lipinski definition) is 1. The first-order valence-electron chi connectivity index (χ1n) is 7.81. The molecule has 2 aromatic rings. The molecule has 0 bridgehead atoms. The number of aromatic nitrogens is 2. The van der Waals surface area contributed by atoms with E-state index in [2.05, 4.69) is 10.4 Å². The molecular formula is C16H15F3N4O3. The van der Waals surface area contributed by atoms with Crippen LogP contribution < -0.4 is 5.32 Å². The number of nitrogens with zero attached hydrogens (tertiary/aromatic N) is 3. The van der Waals surface area contributed by atoms with Gasteiger partial charge in [-0.05, 0) is 37.0 Å². The third-order valence-electron chi connectivity index (χ3n) is 4.64. The molecule has 0 unspecified atom stereocenters.